The van der Waals surface area contributed by atoms with Crippen LogP contribution in [-0.4, -0.2) is 19.7 Å². The second kappa shape index (κ2) is 7.21. The molecular weight excluding hydrogens is 316 g/mol. The van der Waals surface area contributed by atoms with Crippen LogP contribution in [-0.2, 0) is 4.74 Å². The van der Waals surface area contributed by atoms with Crippen molar-refractivity contribution in [2.24, 2.45) is 0 Å². The van der Waals surface area contributed by atoms with E-state index in [0.717, 1.165) is 33.7 Å². The Morgan fingerprint density at radius 1 is 1.16 bits per heavy atom. The second-order valence-corrected chi connectivity index (χ2v) is 5.70. The monoisotopic (exact) mass is 337 g/mol. The van der Waals surface area contributed by atoms with Gasteiger partial charge in [0, 0.05) is 30.8 Å². The highest BCUT2D eigenvalue weighted by Crippen LogP contribution is 2.27. The van der Waals surface area contributed by atoms with Crippen LogP contribution in [0.25, 0.3) is 10.9 Å². The summed E-state index contributed by atoms with van der Waals surface area (Å²) >= 11 is 0. The summed E-state index contributed by atoms with van der Waals surface area (Å²) in [6.07, 6.45) is 0. The number of carbonyl (C=O) groups is 1. The number of aromatic amines is 1. The molecule has 0 aliphatic carbocycles. The lowest BCUT2D eigenvalue weighted by Crippen LogP contribution is -2.11. The summed E-state index contributed by atoms with van der Waals surface area (Å²) in [5.74, 6) is 0.457. The molecule has 0 spiro atoms. The largest absolute Gasteiger partial charge is 0.497 e. The van der Waals surface area contributed by atoms with Crippen molar-refractivity contribution in [2.75, 3.05) is 19.0 Å². The minimum Gasteiger partial charge on any atom is -0.497 e. The number of ether oxygens (including phenoxy) is 2. The number of esters is 1. The van der Waals surface area contributed by atoms with E-state index in [1.807, 2.05) is 49.4 Å². The van der Waals surface area contributed by atoms with E-state index in [1.165, 1.54) is 0 Å². The lowest BCUT2D eigenvalue weighted by Gasteiger charge is -2.10. The molecule has 0 aliphatic rings. The van der Waals surface area contributed by atoms with Crippen LogP contribution in [0.2, 0.25) is 0 Å². The van der Waals surface area contributed by atoms with E-state index in [4.69, 9.17) is 9.47 Å². The van der Waals surface area contributed by atoms with Crippen LogP contribution in [0.15, 0.2) is 48.5 Å². The number of pyridine rings is 1. The van der Waals surface area contributed by atoms with Gasteiger partial charge in [-0.15, -0.1) is 0 Å². The van der Waals surface area contributed by atoms with E-state index < -0.39 is 0 Å². The molecule has 0 unspecified atom stereocenters. The summed E-state index contributed by atoms with van der Waals surface area (Å²) in [6, 6.07) is 15.2. The highest BCUT2D eigenvalue weighted by molar-refractivity contribution is 5.98. The van der Waals surface area contributed by atoms with E-state index in [-0.39, 0.29) is 5.97 Å². The van der Waals surface area contributed by atoms with Crippen molar-refractivity contribution in [3.63, 3.8) is 0 Å². The van der Waals surface area contributed by atoms with Gasteiger partial charge in [0.15, 0.2) is 5.69 Å². The maximum absolute atomic E-state index is 12.0. The summed E-state index contributed by atoms with van der Waals surface area (Å²) < 4.78 is 10.4. The normalized spacial score (nSPS) is 10.5. The first-order chi connectivity index (χ1) is 12.1. The number of aromatic nitrogens is 1. The predicted molar refractivity (Wildman–Crippen MR) is 97.5 cm³/mol. The van der Waals surface area contributed by atoms with Crippen LogP contribution in [0.1, 0.15) is 23.0 Å². The van der Waals surface area contributed by atoms with Gasteiger partial charge in [-0.2, -0.15) is 0 Å². The molecule has 5 heteroatoms. The van der Waals surface area contributed by atoms with E-state index in [0.29, 0.717) is 12.2 Å². The molecule has 2 N–H and O–H groups in total. The molecule has 5 nitrogen and oxygen atoms in total. The molecule has 0 amide bonds. The van der Waals surface area contributed by atoms with Crippen molar-refractivity contribution in [1.29, 1.82) is 0 Å². The number of hydrogen-bond acceptors (Lipinski definition) is 4. The molecule has 128 valence electrons. The molecule has 25 heavy (non-hydrogen) atoms. The molecule has 0 saturated heterocycles. The number of H-pyrrole nitrogens is 1. The van der Waals surface area contributed by atoms with Crippen LogP contribution in [0, 0.1) is 6.92 Å². The maximum Gasteiger partial charge on any atom is 0.338 e. The third-order valence-corrected chi connectivity index (χ3v) is 3.86. The minimum atomic E-state index is -0.322. The van der Waals surface area contributed by atoms with Crippen molar-refractivity contribution < 1.29 is 19.3 Å². The molecule has 0 saturated carbocycles. The van der Waals surface area contributed by atoms with Crippen molar-refractivity contribution in [1.82, 2.24) is 0 Å². The van der Waals surface area contributed by atoms with Gasteiger partial charge in [0.2, 0.25) is 5.52 Å². The standard InChI is InChI=1S/C20H20N2O3/c1-4-25-20(23)14-8-9-18-17(11-14)19(10-13(2)21-18)22-15-6-5-7-16(12-15)24-3/h5-12H,4H2,1-3H3,(H,21,22)/p+1. The Hall–Kier alpha value is -3.08. The summed E-state index contributed by atoms with van der Waals surface area (Å²) in [7, 11) is 1.64. The van der Waals surface area contributed by atoms with Crippen LogP contribution < -0.4 is 15.0 Å². The number of carbonyl (C=O) groups excluding carboxylic acids is 1. The van der Waals surface area contributed by atoms with Gasteiger partial charge in [-0.25, -0.2) is 9.78 Å². The molecule has 1 heterocycles. The summed E-state index contributed by atoms with van der Waals surface area (Å²) in [5, 5.41) is 4.32. The van der Waals surface area contributed by atoms with Crippen LogP contribution in [0.5, 0.6) is 5.75 Å². The SMILES string of the molecule is CCOC(=O)c1ccc2[nH+]c(C)cc(Nc3cccc(OC)c3)c2c1. The first-order valence-electron chi connectivity index (χ1n) is 8.15. The van der Waals surface area contributed by atoms with Crippen LogP contribution in [0.3, 0.4) is 0 Å². The predicted octanol–water partition coefficient (Wildman–Crippen LogP) is 3.89. The Balaban J connectivity index is 2.05. The fraction of sp³-hybridized carbons (Fsp3) is 0.200. The molecule has 0 radical (unpaired) electrons. The van der Waals surface area contributed by atoms with Gasteiger partial charge < -0.3 is 14.8 Å². The fourth-order valence-corrected chi connectivity index (χ4v) is 2.72. The van der Waals surface area contributed by atoms with Crippen molar-refractivity contribution in [3.8, 4) is 5.75 Å². The molecule has 0 atom stereocenters. The fourth-order valence-electron chi connectivity index (χ4n) is 2.72. The average Bonchev–Trinajstić information content (AvgIpc) is 2.61. The van der Waals surface area contributed by atoms with Gasteiger partial charge >= 0.3 is 5.97 Å². The van der Waals surface area contributed by atoms with Gasteiger partial charge in [-0.1, -0.05) is 6.07 Å². The zero-order valence-electron chi connectivity index (χ0n) is 14.6. The second-order valence-electron chi connectivity index (χ2n) is 5.70. The molecule has 3 rings (SSSR count). The first-order valence-corrected chi connectivity index (χ1v) is 8.15. The quantitative estimate of drug-likeness (QED) is 0.718. The Morgan fingerprint density at radius 3 is 2.76 bits per heavy atom. The van der Waals surface area contributed by atoms with E-state index in [1.54, 1.807) is 20.1 Å². The van der Waals surface area contributed by atoms with Crippen LogP contribution >= 0.6 is 0 Å². The Morgan fingerprint density at radius 2 is 2.00 bits per heavy atom. The number of fused-ring (bicyclic) bond motifs is 1. The van der Waals surface area contributed by atoms with Gasteiger partial charge in [0.1, 0.15) is 5.75 Å². The summed E-state index contributed by atoms with van der Waals surface area (Å²) in [5.41, 5.74) is 4.30. The van der Waals surface area contributed by atoms with Crippen LogP contribution in [0.4, 0.5) is 11.4 Å². The lowest BCUT2D eigenvalue weighted by atomic mass is 10.1. The zero-order chi connectivity index (χ0) is 17.8. The van der Waals surface area contributed by atoms with Gasteiger partial charge in [0.25, 0.3) is 0 Å². The number of aryl methyl sites for hydroxylation is 1. The third-order valence-electron chi connectivity index (χ3n) is 3.86. The minimum absolute atomic E-state index is 0.322. The van der Waals surface area contributed by atoms with E-state index >= 15 is 0 Å². The number of hydrogen-bond donors (Lipinski definition) is 1. The smallest absolute Gasteiger partial charge is 0.338 e. The number of nitrogens with one attached hydrogen (secondary N) is 2. The molecule has 3 aromatic rings. The first kappa shape index (κ1) is 16.8. The number of rotatable bonds is 5. The van der Waals surface area contributed by atoms with Gasteiger partial charge in [-0.3, -0.25) is 0 Å². The molecule has 2 aromatic carbocycles. The molecule has 1 aromatic heterocycles. The van der Waals surface area contributed by atoms with Crippen molar-refractivity contribution >= 4 is 28.2 Å². The maximum atomic E-state index is 12.0. The Labute approximate surface area is 146 Å². The number of methoxy groups -OCH3 is 1. The summed E-state index contributed by atoms with van der Waals surface area (Å²) in [4.78, 5) is 15.4. The van der Waals surface area contributed by atoms with Gasteiger partial charge in [0.05, 0.1) is 30.4 Å². The lowest BCUT2D eigenvalue weighted by molar-refractivity contribution is -0.354. The summed E-state index contributed by atoms with van der Waals surface area (Å²) in [6.45, 7) is 4.15. The van der Waals surface area contributed by atoms with Gasteiger partial charge in [-0.05, 0) is 31.2 Å². The zero-order valence-corrected chi connectivity index (χ0v) is 14.6. The number of benzene rings is 2. The average molecular weight is 337 g/mol. The molecule has 0 bridgehead atoms. The van der Waals surface area contributed by atoms with Crippen molar-refractivity contribution in [2.45, 2.75) is 13.8 Å². The van der Waals surface area contributed by atoms with E-state index in [9.17, 15) is 4.79 Å². The number of anilines is 2. The Bertz CT molecular complexity index is 922. The molecular formula is C20H21N2O3+. The highest BCUT2D eigenvalue weighted by atomic mass is 16.5. The molecule has 0 aliphatic heterocycles. The Kier molecular flexibility index (Phi) is 4.84. The molecule has 0 fully saturated rings. The highest BCUT2D eigenvalue weighted by Gasteiger charge is 2.14. The van der Waals surface area contributed by atoms with Crippen molar-refractivity contribution in [3.05, 3.63) is 59.8 Å². The third kappa shape index (κ3) is 3.71. The topological polar surface area (TPSA) is 61.7 Å². The van der Waals surface area contributed by atoms with E-state index in [2.05, 4.69) is 10.3 Å².